The summed E-state index contributed by atoms with van der Waals surface area (Å²) in [7, 11) is 3.14. The van der Waals surface area contributed by atoms with Crippen LogP contribution >= 0.6 is 0 Å². The van der Waals surface area contributed by atoms with Crippen LogP contribution in [0.5, 0.6) is 0 Å². The number of fused-ring (bicyclic) bond motifs is 2. The molecule has 0 aromatic carbocycles. The van der Waals surface area contributed by atoms with Crippen LogP contribution in [0.1, 0.15) is 13.8 Å². The Kier molecular flexibility index (Phi) is 3.59. The molecule has 6 nitrogen and oxygen atoms in total. The van der Waals surface area contributed by atoms with Crippen molar-refractivity contribution in [3.8, 4) is 0 Å². The van der Waals surface area contributed by atoms with Gasteiger partial charge in [0.1, 0.15) is 12.2 Å². The second-order valence-corrected chi connectivity index (χ2v) is 4.84. The molecule has 0 aromatic rings. The van der Waals surface area contributed by atoms with Gasteiger partial charge in [0.2, 0.25) is 5.91 Å². The van der Waals surface area contributed by atoms with Gasteiger partial charge in [0.25, 0.3) is 0 Å². The number of carbonyl (C=O) groups is 2. The fraction of sp³-hybridized carbons (Fsp3) is 0.833. The van der Waals surface area contributed by atoms with Crippen molar-refractivity contribution in [2.45, 2.75) is 38.3 Å². The average molecular weight is 257 g/mol. The molecule has 18 heavy (non-hydrogen) atoms. The number of amides is 1. The predicted molar refractivity (Wildman–Crippen MR) is 61.7 cm³/mol. The van der Waals surface area contributed by atoms with Gasteiger partial charge in [0.15, 0.2) is 6.10 Å². The lowest BCUT2D eigenvalue weighted by molar-refractivity contribution is -0.158. The molecule has 2 rings (SSSR count). The first-order valence-electron chi connectivity index (χ1n) is 6.08. The summed E-state index contributed by atoms with van der Waals surface area (Å²) < 4.78 is 16.4. The van der Waals surface area contributed by atoms with E-state index in [1.165, 1.54) is 14.0 Å². The quantitative estimate of drug-likeness (QED) is 0.703. The van der Waals surface area contributed by atoms with E-state index in [4.69, 9.17) is 14.2 Å². The first-order chi connectivity index (χ1) is 8.51. The molecule has 102 valence electrons. The second-order valence-electron chi connectivity index (χ2n) is 4.84. The van der Waals surface area contributed by atoms with Crippen molar-refractivity contribution in [3.05, 3.63) is 0 Å². The van der Waals surface area contributed by atoms with Crippen molar-refractivity contribution < 1.29 is 23.8 Å². The first kappa shape index (κ1) is 13.3. The standard InChI is InChI=1S/C12H19NO5/c1-5-7(12(15)13-3)9-10(16-4)11(8(5)18-9)17-6(2)14/h5,7-11H,1-4H3,(H,13,15)/t5?,7?,8?,9-,10+,11?/m0/s1. The predicted octanol–water partition coefficient (Wildman–Crippen LogP) is -0.288. The van der Waals surface area contributed by atoms with Crippen molar-refractivity contribution in [2.75, 3.05) is 14.2 Å². The summed E-state index contributed by atoms with van der Waals surface area (Å²) in [6.45, 7) is 3.30. The number of methoxy groups -OCH3 is 1. The van der Waals surface area contributed by atoms with Crippen molar-refractivity contribution in [1.29, 1.82) is 0 Å². The van der Waals surface area contributed by atoms with Crippen LogP contribution in [0.25, 0.3) is 0 Å². The Balaban J connectivity index is 2.19. The maximum atomic E-state index is 11.9. The molecule has 2 aliphatic heterocycles. The maximum Gasteiger partial charge on any atom is 0.303 e. The van der Waals surface area contributed by atoms with Gasteiger partial charge in [-0.1, -0.05) is 6.92 Å². The smallest absolute Gasteiger partial charge is 0.303 e. The van der Waals surface area contributed by atoms with Crippen molar-refractivity contribution >= 4 is 11.9 Å². The van der Waals surface area contributed by atoms with E-state index in [0.29, 0.717) is 0 Å². The van der Waals surface area contributed by atoms with E-state index >= 15 is 0 Å². The van der Waals surface area contributed by atoms with Gasteiger partial charge in [-0.05, 0) is 0 Å². The Morgan fingerprint density at radius 3 is 2.39 bits per heavy atom. The number of hydrogen-bond acceptors (Lipinski definition) is 5. The number of ether oxygens (including phenoxy) is 3. The molecule has 2 fully saturated rings. The van der Waals surface area contributed by atoms with Crippen LogP contribution in [0.15, 0.2) is 0 Å². The van der Waals surface area contributed by atoms with Gasteiger partial charge in [-0.2, -0.15) is 0 Å². The van der Waals surface area contributed by atoms with Crippen LogP contribution in [-0.4, -0.2) is 50.4 Å². The molecule has 4 unspecified atom stereocenters. The molecule has 0 saturated carbocycles. The number of rotatable bonds is 3. The Hall–Kier alpha value is -1.14. The van der Waals surface area contributed by atoms with Gasteiger partial charge in [-0.15, -0.1) is 0 Å². The monoisotopic (exact) mass is 257 g/mol. The summed E-state index contributed by atoms with van der Waals surface area (Å²) in [5.74, 6) is -0.664. The first-order valence-corrected chi connectivity index (χ1v) is 6.08. The van der Waals surface area contributed by atoms with Gasteiger partial charge in [0.05, 0.1) is 12.0 Å². The number of esters is 1. The summed E-state index contributed by atoms with van der Waals surface area (Å²) in [4.78, 5) is 23.0. The Bertz CT molecular complexity index is 356. The average Bonchev–Trinajstić information content (AvgIpc) is 2.82. The van der Waals surface area contributed by atoms with Gasteiger partial charge in [0, 0.05) is 27.0 Å². The lowest BCUT2D eigenvalue weighted by Gasteiger charge is -2.34. The van der Waals surface area contributed by atoms with Crippen molar-refractivity contribution in [3.63, 3.8) is 0 Å². The van der Waals surface area contributed by atoms with Gasteiger partial charge < -0.3 is 19.5 Å². The highest BCUT2D eigenvalue weighted by Crippen LogP contribution is 2.45. The van der Waals surface area contributed by atoms with E-state index in [-0.39, 0.29) is 42.0 Å². The maximum absolute atomic E-state index is 11.9. The Morgan fingerprint density at radius 1 is 1.22 bits per heavy atom. The number of hydrogen-bond donors (Lipinski definition) is 1. The largest absolute Gasteiger partial charge is 0.457 e. The molecule has 1 amide bonds. The zero-order valence-corrected chi connectivity index (χ0v) is 11.0. The lowest BCUT2D eigenvalue weighted by atomic mass is 9.77. The Labute approximate surface area is 106 Å². The van der Waals surface area contributed by atoms with E-state index in [0.717, 1.165) is 0 Å². The lowest BCUT2D eigenvalue weighted by Crippen LogP contribution is -2.52. The summed E-state index contributed by atoms with van der Waals surface area (Å²) in [5, 5.41) is 2.64. The molecule has 6 heteroatoms. The molecule has 2 heterocycles. The normalized spacial score (nSPS) is 41.8. The van der Waals surface area contributed by atoms with Crippen molar-refractivity contribution in [1.82, 2.24) is 5.32 Å². The zero-order chi connectivity index (χ0) is 13.4. The topological polar surface area (TPSA) is 73.9 Å². The van der Waals surface area contributed by atoms with Crippen LogP contribution in [0.3, 0.4) is 0 Å². The molecule has 2 saturated heterocycles. The number of carbonyl (C=O) groups excluding carboxylic acids is 2. The molecule has 0 aromatic heterocycles. The summed E-state index contributed by atoms with van der Waals surface area (Å²) >= 11 is 0. The summed E-state index contributed by atoms with van der Waals surface area (Å²) in [5.41, 5.74) is 0. The molecular formula is C12H19NO5. The third-order valence-electron chi connectivity index (χ3n) is 3.85. The molecule has 0 spiro atoms. The van der Waals surface area contributed by atoms with E-state index < -0.39 is 6.10 Å². The summed E-state index contributed by atoms with van der Waals surface area (Å²) in [6.07, 6.45) is -1.42. The molecule has 0 aliphatic carbocycles. The van der Waals surface area contributed by atoms with Crippen LogP contribution in [0, 0.1) is 11.8 Å². The van der Waals surface area contributed by atoms with E-state index in [9.17, 15) is 9.59 Å². The molecular weight excluding hydrogens is 238 g/mol. The van der Waals surface area contributed by atoms with Gasteiger partial charge in [-0.3, -0.25) is 9.59 Å². The molecule has 2 aliphatic rings. The fourth-order valence-electron chi connectivity index (χ4n) is 3.07. The Morgan fingerprint density at radius 2 is 1.89 bits per heavy atom. The molecule has 0 radical (unpaired) electrons. The van der Waals surface area contributed by atoms with E-state index in [2.05, 4.69) is 5.32 Å². The minimum absolute atomic E-state index is 0.00528. The summed E-state index contributed by atoms with van der Waals surface area (Å²) in [6, 6.07) is 0. The van der Waals surface area contributed by atoms with Gasteiger partial charge in [-0.25, -0.2) is 0 Å². The molecule has 1 N–H and O–H groups in total. The van der Waals surface area contributed by atoms with E-state index in [1.807, 2.05) is 6.92 Å². The highest BCUT2D eigenvalue weighted by atomic mass is 16.6. The van der Waals surface area contributed by atoms with Gasteiger partial charge >= 0.3 is 5.97 Å². The fourth-order valence-corrected chi connectivity index (χ4v) is 3.07. The SMILES string of the molecule is CNC(=O)C1C(C)C2O[C@@H]1[C@@H](OC)C2OC(C)=O. The van der Waals surface area contributed by atoms with Crippen LogP contribution in [-0.2, 0) is 23.8 Å². The zero-order valence-electron chi connectivity index (χ0n) is 11.0. The second kappa shape index (κ2) is 4.85. The van der Waals surface area contributed by atoms with Crippen LogP contribution < -0.4 is 5.32 Å². The third-order valence-corrected chi connectivity index (χ3v) is 3.85. The number of nitrogens with one attached hydrogen (secondary N) is 1. The minimum Gasteiger partial charge on any atom is -0.457 e. The van der Waals surface area contributed by atoms with Crippen LogP contribution in [0.2, 0.25) is 0 Å². The molecule has 6 atom stereocenters. The third kappa shape index (κ3) is 1.89. The highest BCUT2D eigenvalue weighted by molar-refractivity contribution is 5.80. The van der Waals surface area contributed by atoms with Crippen molar-refractivity contribution in [2.24, 2.45) is 11.8 Å². The molecule has 2 bridgehead atoms. The van der Waals surface area contributed by atoms with E-state index in [1.54, 1.807) is 7.05 Å². The highest BCUT2D eigenvalue weighted by Gasteiger charge is 2.62. The van der Waals surface area contributed by atoms with Crippen LogP contribution in [0.4, 0.5) is 0 Å². The minimum atomic E-state index is -0.423.